The summed E-state index contributed by atoms with van der Waals surface area (Å²) in [5.41, 5.74) is 3.02. The van der Waals surface area contributed by atoms with E-state index in [1.54, 1.807) is 18.2 Å². The van der Waals surface area contributed by atoms with E-state index < -0.39 is 0 Å². The lowest BCUT2D eigenvalue weighted by Gasteiger charge is -2.21. The highest BCUT2D eigenvalue weighted by molar-refractivity contribution is 8.00. The highest BCUT2D eigenvalue weighted by Crippen LogP contribution is 2.32. The molecule has 0 bridgehead atoms. The molecule has 1 aliphatic heterocycles. The van der Waals surface area contributed by atoms with Crippen LogP contribution in [0, 0.1) is 0 Å². The summed E-state index contributed by atoms with van der Waals surface area (Å²) in [6.07, 6.45) is 0. The van der Waals surface area contributed by atoms with E-state index in [1.807, 2.05) is 54.6 Å². The Morgan fingerprint density at radius 3 is 2.57 bits per heavy atom. The molecule has 0 saturated carbocycles. The first-order valence-electron chi connectivity index (χ1n) is 8.78. The molecule has 1 unspecified atom stereocenters. The van der Waals surface area contributed by atoms with Crippen LogP contribution in [-0.2, 0) is 4.79 Å². The molecule has 1 aliphatic rings. The van der Waals surface area contributed by atoms with Gasteiger partial charge in [0.25, 0.3) is 5.91 Å². The third kappa shape index (κ3) is 4.06. The molecule has 0 radical (unpaired) electrons. The normalized spacial score (nSPS) is 14.0. The number of carbonyl (C=O) groups excluding carboxylic acids is 2. The maximum Gasteiger partial charge on any atom is 0.252 e. The molecule has 140 valence electrons. The number of anilines is 1. The lowest BCUT2D eigenvalue weighted by Crippen LogP contribution is -2.29. The largest absolute Gasteiger partial charge is 0.341 e. The van der Waals surface area contributed by atoms with Crippen molar-refractivity contribution in [1.29, 1.82) is 0 Å². The number of benzene rings is 3. The quantitative estimate of drug-likeness (QED) is 0.645. The number of halogens is 1. The molecule has 0 aromatic heterocycles. The summed E-state index contributed by atoms with van der Waals surface area (Å²) in [7, 11) is 0. The van der Waals surface area contributed by atoms with Crippen LogP contribution in [0.15, 0.2) is 77.7 Å². The minimum atomic E-state index is -0.340. The fourth-order valence-electron chi connectivity index (χ4n) is 3.13. The Morgan fingerprint density at radius 2 is 1.79 bits per heavy atom. The number of rotatable bonds is 4. The lowest BCUT2D eigenvalue weighted by molar-refractivity contribution is -0.113. The Hall–Kier alpha value is -2.76. The van der Waals surface area contributed by atoms with Crippen LogP contribution in [0.4, 0.5) is 5.69 Å². The smallest absolute Gasteiger partial charge is 0.252 e. The number of hydrogen-bond acceptors (Lipinski definition) is 3. The molecule has 6 heteroatoms. The van der Waals surface area contributed by atoms with Crippen LogP contribution < -0.4 is 10.6 Å². The maximum atomic E-state index is 13.0. The van der Waals surface area contributed by atoms with Gasteiger partial charge in [0, 0.05) is 15.5 Å². The minimum absolute atomic E-state index is 0.0591. The van der Waals surface area contributed by atoms with Gasteiger partial charge in [0.05, 0.1) is 17.5 Å². The first kappa shape index (κ1) is 18.6. The van der Waals surface area contributed by atoms with Gasteiger partial charge in [0.2, 0.25) is 5.91 Å². The third-order valence-electron chi connectivity index (χ3n) is 4.46. The molecule has 0 spiro atoms. The zero-order valence-electron chi connectivity index (χ0n) is 14.8. The van der Waals surface area contributed by atoms with E-state index >= 15 is 0 Å². The zero-order chi connectivity index (χ0) is 19.5. The maximum absolute atomic E-state index is 13.0. The van der Waals surface area contributed by atoms with Crippen LogP contribution in [-0.4, -0.2) is 17.6 Å². The van der Waals surface area contributed by atoms with Crippen molar-refractivity contribution in [2.24, 2.45) is 0 Å². The zero-order valence-corrected chi connectivity index (χ0v) is 16.4. The fourth-order valence-corrected chi connectivity index (χ4v) is 4.12. The SMILES string of the molecule is O=C1CSc2ccc(C(=O)NC(c3ccccc3)c3cccc(Cl)c3)cc2N1. The van der Waals surface area contributed by atoms with Crippen LogP contribution in [0.5, 0.6) is 0 Å². The molecule has 4 nitrogen and oxygen atoms in total. The van der Waals surface area contributed by atoms with Gasteiger partial charge in [0.15, 0.2) is 0 Å². The van der Waals surface area contributed by atoms with Crippen LogP contribution in [0.1, 0.15) is 27.5 Å². The second-order valence-corrected chi connectivity index (χ2v) is 7.87. The van der Waals surface area contributed by atoms with Gasteiger partial charge in [0.1, 0.15) is 0 Å². The van der Waals surface area contributed by atoms with Crippen molar-refractivity contribution in [1.82, 2.24) is 5.32 Å². The summed E-state index contributed by atoms with van der Waals surface area (Å²) >= 11 is 7.64. The molecule has 1 heterocycles. The second kappa shape index (κ2) is 8.09. The molecule has 4 rings (SSSR count). The van der Waals surface area contributed by atoms with Gasteiger partial charge >= 0.3 is 0 Å². The second-order valence-electron chi connectivity index (χ2n) is 6.42. The van der Waals surface area contributed by atoms with Crippen molar-refractivity contribution in [2.45, 2.75) is 10.9 Å². The van der Waals surface area contributed by atoms with Gasteiger partial charge in [-0.1, -0.05) is 54.1 Å². The van der Waals surface area contributed by atoms with E-state index in [0.717, 1.165) is 16.0 Å². The molecule has 1 atom stereocenters. The molecular weight excluding hydrogens is 392 g/mol. The number of nitrogens with one attached hydrogen (secondary N) is 2. The summed E-state index contributed by atoms with van der Waals surface area (Å²) < 4.78 is 0. The first-order chi connectivity index (χ1) is 13.6. The number of fused-ring (bicyclic) bond motifs is 1. The van der Waals surface area contributed by atoms with E-state index in [0.29, 0.717) is 22.0 Å². The Kier molecular flexibility index (Phi) is 5.37. The van der Waals surface area contributed by atoms with Crippen molar-refractivity contribution < 1.29 is 9.59 Å². The molecule has 3 aromatic rings. The number of thioether (sulfide) groups is 1. The topological polar surface area (TPSA) is 58.2 Å². The van der Waals surface area contributed by atoms with Gasteiger partial charge in [-0.05, 0) is 41.5 Å². The van der Waals surface area contributed by atoms with Gasteiger partial charge in [-0.15, -0.1) is 11.8 Å². The number of amides is 2. The molecule has 0 fully saturated rings. The standard InChI is InChI=1S/C22H17ClN2O2S/c23-17-8-4-7-15(11-17)21(14-5-2-1-3-6-14)25-22(27)16-9-10-19-18(12-16)24-20(26)13-28-19/h1-12,21H,13H2,(H,24,26)(H,25,27). The number of carbonyl (C=O) groups is 2. The first-order valence-corrected chi connectivity index (χ1v) is 10.1. The molecule has 28 heavy (non-hydrogen) atoms. The van der Waals surface area contributed by atoms with Crippen molar-refractivity contribution in [3.8, 4) is 0 Å². The van der Waals surface area contributed by atoms with Crippen molar-refractivity contribution in [2.75, 3.05) is 11.1 Å². The third-order valence-corrected chi connectivity index (χ3v) is 5.77. The monoisotopic (exact) mass is 408 g/mol. The van der Waals surface area contributed by atoms with Crippen LogP contribution >= 0.6 is 23.4 Å². The molecule has 0 aliphatic carbocycles. The Bertz CT molecular complexity index is 1040. The Morgan fingerprint density at radius 1 is 1.00 bits per heavy atom. The van der Waals surface area contributed by atoms with Crippen molar-refractivity contribution in [3.05, 3.63) is 94.5 Å². The van der Waals surface area contributed by atoms with Gasteiger partial charge in [-0.3, -0.25) is 9.59 Å². The van der Waals surface area contributed by atoms with Gasteiger partial charge < -0.3 is 10.6 Å². The molecule has 2 amide bonds. The van der Waals surface area contributed by atoms with Crippen LogP contribution in [0.3, 0.4) is 0 Å². The summed E-state index contributed by atoms with van der Waals surface area (Å²) in [6.45, 7) is 0. The van der Waals surface area contributed by atoms with E-state index in [4.69, 9.17) is 11.6 Å². The van der Waals surface area contributed by atoms with Gasteiger partial charge in [-0.2, -0.15) is 0 Å². The average Bonchev–Trinajstić information content (AvgIpc) is 2.72. The Labute approximate surface area is 172 Å². The Balaban J connectivity index is 1.64. The summed E-state index contributed by atoms with van der Waals surface area (Å²) in [5, 5.41) is 6.53. The molecule has 0 saturated heterocycles. The average molecular weight is 409 g/mol. The number of hydrogen-bond donors (Lipinski definition) is 2. The molecule has 3 aromatic carbocycles. The molecule has 2 N–H and O–H groups in total. The lowest BCUT2D eigenvalue weighted by atomic mass is 9.98. The minimum Gasteiger partial charge on any atom is -0.341 e. The van der Waals surface area contributed by atoms with Crippen molar-refractivity contribution >= 4 is 40.9 Å². The van der Waals surface area contributed by atoms with Crippen molar-refractivity contribution in [3.63, 3.8) is 0 Å². The summed E-state index contributed by atoms with van der Waals surface area (Å²) in [4.78, 5) is 25.6. The predicted molar refractivity (Wildman–Crippen MR) is 113 cm³/mol. The van der Waals surface area contributed by atoms with Gasteiger partial charge in [-0.25, -0.2) is 0 Å². The van der Waals surface area contributed by atoms with Crippen LogP contribution in [0.2, 0.25) is 5.02 Å². The predicted octanol–water partition coefficient (Wildman–Crippen LogP) is 4.90. The van der Waals surface area contributed by atoms with E-state index in [9.17, 15) is 9.59 Å². The molecular formula is C22H17ClN2O2S. The van der Waals surface area contributed by atoms with Crippen LogP contribution in [0.25, 0.3) is 0 Å². The highest BCUT2D eigenvalue weighted by atomic mass is 35.5. The fraction of sp³-hybridized carbons (Fsp3) is 0.0909. The van der Waals surface area contributed by atoms with E-state index in [1.165, 1.54) is 11.8 Å². The van der Waals surface area contributed by atoms with E-state index in [-0.39, 0.29) is 17.9 Å². The van der Waals surface area contributed by atoms with E-state index in [2.05, 4.69) is 10.6 Å². The summed E-state index contributed by atoms with van der Waals surface area (Å²) in [6, 6.07) is 22.2. The highest BCUT2D eigenvalue weighted by Gasteiger charge is 2.21. The summed E-state index contributed by atoms with van der Waals surface area (Å²) in [5.74, 6) is 0.112.